The lowest BCUT2D eigenvalue weighted by molar-refractivity contribution is -0.659. The maximum absolute atomic E-state index is 2.49. The molecule has 15 aromatic rings. The van der Waals surface area contributed by atoms with E-state index >= 15 is 0 Å². The number of pyridine rings is 5. The summed E-state index contributed by atoms with van der Waals surface area (Å²) in [6.45, 7) is 58.4. The van der Waals surface area contributed by atoms with Gasteiger partial charge in [-0.2, -0.15) is 0 Å². The largest absolute Gasteiger partial charge is 0.220 e. The number of rotatable bonds is 12. The normalized spacial score (nSPS) is 12.5. The lowest BCUT2D eigenvalue weighted by Gasteiger charge is -2.22. The van der Waals surface area contributed by atoms with E-state index in [2.05, 4.69) is 457 Å². The molecule has 123 heavy (non-hydrogen) atoms. The number of hydrogen-bond donors (Lipinski definition) is 0. The first-order chi connectivity index (χ1) is 58.2. The van der Waals surface area contributed by atoms with E-state index in [9.17, 15) is 0 Å². The molecule has 0 N–H and O–H groups in total. The van der Waals surface area contributed by atoms with Gasteiger partial charge in [-0.1, -0.05) is 225 Å². The molecule has 1 saturated carbocycles. The summed E-state index contributed by atoms with van der Waals surface area (Å²) < 4.78 is 11.3. The smallest absolute Gasteiger partial charge is 0.200 e. The van der Waals surface area contributed by atoms with Gasteiger partial charge in [0.05, 0.1) is 49.2 Å². The third kappa shape index (κ3) is 20.1. The highest BCUT2D eigenvalue weighted by molar-refractivity contribution is 5.99. The van der Waals surface area contributed by atoms with Crippen molar-refractivity contribution in [1.82, 2.24) is 0 Å². The second kappa shape index (κ2) is 38.2. The molecular weight excluding hydrogens is 1490 g/mol. The Balaban J connectivity index is 0.000000141. The molecule has 1 aliphatic carbocycles. The van der Waals surface area contributed by atoms with Gasteiger partial charge in [-0.15, -0.1) is 0 Å². The van der Waals surface area contributed by atoms with Crippen molar-refractivity contribution in [2.75, 3.05) is 0 Å². The number of hydrogen-bond acceptors (Lipinski definition) is 0. The van der Waals surface area contributed by atoms with Crippen LogP contribution in [0.1, 0.15) is 277 Å². The van der Waals surface area contributed by atoms with Crippen molar-refractivity contribution in [1.29, 1.82) is 0 Å². The molecule has 0 radical (unpaired) electrons. The fourth-order valence-corrected chi connectivity index (χ4v) is 18.3. The molecule has 0 aliphatic heterocycles. The van der Waals surface area contributed by atoms with Crippen LogP contribution < -0.4 is 22.8 Å². The quantitative estimate of drug-likeness (QED) is 0.109. The third-order valence-corrected chi connectivity index (χ3v) is 27.0. The molecule has 0 saturated heterocycles. The molecule has 0 unspecified atom stereocenters. The molecule has 5 heteroatoms. The Morgan fingerprint density at radius 1 is 0.252 bits per heavy atom. The Morgan fingerprint density at radius 3 is 0.870 bits per heavy atom. The summed E-state index contributed by atoms with van der Waals surface area (Å²) in [5.41, 5.74) is 39.8. The van der Waals surface area contributed by atoms with Crippen molar-refractivity contribution in [3.05, 3.63) is 325 Å². The van der Waals surface area contributed by atoms with Crippen LogP contribution in [-0.4, -0.2) is 0 Å². The minimum Gasteiger partial charge on any atom is -0.200 e. The van der Waals surface area contributed by atoms with Gasteiger partial charge in [0.15, 0.2) is 31.0 Å². The molecule has 5 heterocycles. The number of aryl methyl sites for hydroxylation is 12. The number of aromatic nitrogens is 5. The molecule has 1 aliphatic rings. The molecule has 1 fully saturated rings. The Kier molecular flexibility index (Phi) is 28.4. The number of benzene rings is 10. The van der Waals surface area contributed by atoms with Crippen molar-refractivity contribution in [2.45, 2.75) is 253 Å². The minimum atomic E-state index is 0.140. The third-order valence-electron chi connectivity index (χ3n) is 27.0. The highest BCUT2D eigenvalue weighted by atomic mass is 14.9. The first-order valence-corrected chi connectivity index (χ1v) is 45.8. The van der Waals surface area contributed by atoms with Crippen molar-refractivity contribution in [2.24, 2.45) is 35.2 Å². The summed E-state index contributed by atoms with van der Waals surface area (Å²) in [7, 11) is 10.8. The first kappa shape index (κ1) is 91.5. The SMILES string of the molecule is Cc1cc(C(C)(C)C)cc(-c2c3ccc(C(C)C)cc3cc[n+]2C)c1C.Cc1cc(C(C)C)cc(-c2c3ccc(C(C)C)cc3cc[n+]2C)c1C.Cc1cc(C)c(C)c(-c2c3ccc(C(C)C)cc3cc[n+]2C)c1.Cc1cc(C2CCCC2)cc(-c2c3ccc(C(C)C)cc3cc[n+]2C)c1C.Cc1ccc(C)c(-c2c3ccc(C(C)C)cc3cc[n+]2C)c1. The van der Waals surface area contributed by atoms with Crippen LogP contribution in [0.5, 0.6) is 0 Å². The highest BCUT2D eigenvalue weighted by Gasteiger charge is 2.28. The Labute approximate surface area is 740 Å². The van der Waals surface area contributed by atoms with Crippen LogP contribution in [0.2, 0.25) is 0 Å². The average molecular weight is 1630 g/mol. The predicted octanol–water partition coefficient (Wildman–Crippen LogP) is 29.7. The van der Waals surface area contributed by atoms with Gasteiger partial charge in [0.1, 0.15) is 35.2 Å². The van der Waals surface area contributed by atoms with E-state index in [-0.39, 0.29) is 5.41 Å². The maximum Gasteiger partial charge on any atom is 0.220 e. The monoisotopic (exact) mass is 1630 g/mol. The summed E-state index contributed by atoms with van der Waals surface area (Å²) in [6, 6.07) is 71.5. The molecule has 636 valence electrons. The summed E-state index contributed by atoms with van der Waals surface area (Å²) >= 11 is 0. The molecule has 5 aromatic heterocycles. The van der Waals surface area contributed by atoms with Gasteiger partial charge in [-0.3, -0.25) is 0 Å². The summed E-state index contributed by atoms with van der Waals surface area (Å²) in [5, 5.41) is 13.3. The van der Waals surface area contributed by atoms with Gasteiger partial charge >= 0.3 is 0 Å². The number of nitrogens with zero attached hydrogens (tertiary/aromatic N) is 5. The van der Waals surface area contributed by atoms with Crippen LogP contribution in [0.25, 0.3) is 110 Å². The van der Waals surface area contributed by atoms with Gasteiger partial charge in [-0.25, -0.2) is 22.8 Å². The van der Waals surface area contributed by atoms with Gasteiger partial charge in [0.25, 0.3) is 0 Å². The zero-order chi connectivity index (χ0) is 89.2. The second-order valence-corrected chi connectivity index (χ2v) is 39.3. The fraction of sp³-hybridized carbons (Fsp3) is 0.364. The van der Waals surface area contributed by atoms with E-state index in [0.29, 0.717) is 35.5 Å². The number of fused-ring (bicyclic) bond motifs is 5. The van der Waals surface area contributed by atoms with Gasteiger partial charge < -0.3 is 0 Å². The van der Waals surface area contributed by atoms with Crippen LogP contribution >= 0.6 is 0 Å². The van der Waals surface area contributed by atoms with Crippen molar-refractivity contribution >= 4 is 53.9 Å². The lowest BCUT2D eigenvalue weighted by atomic mass is 9.82. The van der Waals surface area contributed by atoms with E-state index in [1.54, 1.807) is 5.56 Å². The van der Waals surface area contributed by atoms with E-state index in [0.717, 1.165) is 5.92 Å². The maximum atomic E-state index is 2.49. The van der Waals surface area contributed by atoms with Crippen molar-refractivity contribution in [3.8, 4) is 56.3 Å². The van der Waals surface area contributed by atoms with Crippen molar-refractivity contribution in [3.63, 3.8) is 0 Å². The molecule has 0 atom stereocenters. The minimum absolute atomic E-state index is 0.140. The fourth-order valence-electron chi connectivity index (χ4n) is 18.3. The molecular formula is C118H144N5+5. The molecule has 16 rings (SSSR count). The molecule has 0 bridgehead atoms. The summed E-state index contributed by atoms with van der Waals surface area (Å²) in [5.74, 6) is 4.05. The highest BCUT2D eigenvalue weighted by Crippen LogP contribution is 2.42. The zero-order valence-corrected chi connectivity index (χ0v) is 80.9. The standard InChI is InChI=1S/C26H32N.C25H32N.C24H30N.C22H26N.C21H24N/c1-17(2)21-10-11-24-22(15-21)12-13-27(5)26(24)25-16-23(14-18(3)19(25)4)20-8-6-7-9-20;1-16(2)19-9-10-22-20(14-19)11-12-26(8)24(22)23-15-21(25(5,6)7)13-17(3)18(23)4;1-15(2)19-8-9-22-20(13-19)10-11-25(7)24(22)23-14-21(16(3)4)12-17(5)18(23)6;1-14(2)18-7-8-20-19(13-18)9-10-23(6)22(20)21-12-15(3)11-16(4)17(21)5;1-14(2)17-8-9-19-18(13-17)10-11-22(5)21(19)20-12-15(3)6-7-16(20)4/h10-17,20H,6-9H2,1-5H3;9-16H,1-8H3;8-16H,1-7H3;7-14H,1-6H3;6-14H,1-5H3/q5*+1. The van der Waals surface area contributed by atoms with E-state index < -0.39 is 0 Å². The van der Waals surface area contributed by atoms with Gasteiger partial charge in [-0.05, 0) is 318 Å². The van der Waals surface area contributed by atoms with Crippen LogP contribution in [0.3, 0.4) is 0 Å². The summed E-state index contributed by atoms with van der Waals surface area (Å²) in [6.07, 6.45) is 16.4. The molecule has 0 amide bonds. The van der Waals surface area contributed by atoms with Crippen LogP contribution in [0.4, 0.5) is 0 Å². The van der Waals surface area contributed by atoms with Crippen molar-refractivity contribution < 1.29 is 22.8 Å². The Hall–Kier alpha value is -10.8. The van der Waals surface area contributed by atoms with Crippen LogP contribution in [0, 0.1) is 76.2 Å². The van der Waals surface area contributed by atoms with Crippen LogP contribution in [-0.2, 0) is 40.7 Å². The first-order valence-electron chi connectivity index (χ1n) is 45.8. The van der Waals surface area contributed by atoms with Gasteiger partial charge in [0.2, 0.25) is 28.5 Å². The molecule has 5 nitrogen and oxygen atoms in total. The molecule has 0 spiro atoms. The Morgan fingerprint density at radius 2 is 0.537 bits per heavy atom. The Bertz CT molecular complexity index is 6440. The second-order valence-electron chi connectivity index (χ2n) is 39.3. The van der Waals surface area contributed by atoms with E-state index in [1.807, 2.05) is 0 Å². The zero-order valence-electron chi connectivity index (χ0n) is 80.9. The van der Waals surface area contributed by atoms with Crippen LogP contribution in [0.15, 0.2) is 219 Å². The van der Waals surface area contributed by atoms with E-state index in [1.165, 1.54) is 236 Å². The lowest BCUT2D eigenvalue weighted by Crippen LogP contribution is -2.31. The average Bonchev–Trinajstić information content (AvgIpc) is 1.35. The van der Waals surface area contributed by atoms with Gasteiger partial charge in [0, 0.05) is 35.9 Å². The molecule has 10 aromatic carbocycles. The predicted molar refractivity (Wildman–Crippen MR) is 529 cm³/mol. The van der Waals surface area contributed by atoms with E-state index in [4.69, 9.17) is 0 Å². The summed E-state index contributed by atoms with van der Waals surface area (Å²) in [4.78, 5) is 0. The topological polar surface area (TPSA) is 19.4 Å².